The average molecular weight is 380 g/mol. The highest BCUT2D eigenvalue weighted by atomic mass is 32.1. The second-order valence-corrected chi connectivity index (χ2v) is 7.13. The van der Waals surface area contributed by atoms with Crippen LogP contribution < -0.4 is 5.32 Å². The summed E-state index contributed by atoms with van der Waals surface area (Å²) in [4.78, 5) is 22.6. The molecule has 0 atom stereocenters. The van der Waals surface area contributed by atoms with Gasteiger partial charge in [-0.15, -0.1) is 11.3 Å². The van der Waals surface area contributed by atoms with Crippen LogP contribution in [-0.4, -0.2) is 20.4 Å². The Hall–Kier alpha value is -3.06. The Bertz CT molecular complexity index is 1060. The van der Waals surface area contributed by atoms with Crippen molar-refractivity contribution in [2.75, 3.05) is 5.32 Å². The largest absolute Gasteiger partial charge is 0.326 e. The maximum absolute atomic E-state index is 13.0. The third kappa shape index (κ3) is 4.03. The molecule has 0 radical (unpaired) electrons. The van der Waals surface area contributed by atoms with Gasteiger partial charge in [0, 0.05) is 29.6 Å². The van der Waals surface area contributed by atoms with Crippen molar-refractivity contribution >= 4 is 34.1 Å². The van der Waals surface area contributed by atoms with Crippen LogP contribution in [-0.2, 0) is 17.8 Å². The minimum Gasteiger partial charge on any atom is -0.326 e. The first kappa shape index (κ1) is 17.4. The quantitative estimate of drug-likeness (QED) is 0.544. The van der Waals surface area contributed by atoms with E-state index >= 15 is 0 Å². The molecule has 0 aliphatic carbocycles. The molecule has 1 N–H and O–H groups in total. The zero-order valence-corrected chi connectivity index (χ0v) is 15.2. The highest BCUT2D eigenvalue weighted by molar-refractivity contribution is 7.09. The Kier molecular flexibility index (Phi) is 4.93. The molecule has 136 valence electrons. The van der Waals surface area contributed by atoms with E-state index in [2.05, 4.69) is 25.9 Å². The van der Waals surface area contributed by atoms with E-state index in [0.29, 0.717) is 18.7 Å². The van der Waals surface area contributed by atoms with Crippen LogP contribution in [0.1, 0.15) is 17.1 Å². The van der Waals surface area contributed by atoms with E-state index in [1.54, 1.807) is 29.7 Å². The van der Waals surface area contributed by atoms with Crippen molar-refractivity contribution in [1.29, 1.82) is 0 Å². The predicted molar refractivity (Wildman–Crippen MR) is 104 cm³/mol. The minimum atomic E-state index is -0.331. The molecule has 4 aromatic rings. The summed E-state index contributed by atoms with van der Waals surface area (Å²) in [5.41, 5.74) is 2.22. The number of aryl methyl sites for hydroxylation is 1. The number of benzene rings is 1. The van der Waals surface area contributed by atoms with Crippen LogP contribution >= 0.6 is 11.3 Å². The van der Waals surface area contributed by atoms with Gasteiger partial charge in [-0.1, -0.05) is 6.07 Å². The number of anilines is 1. The maximum atomic E-state index is 13.0. The number of halogens is 1. The average Bonchev–Trinajstić information content (AvgIpc) is 3.31. The molecule has 0 aliphatic rings. The van der Waals surface area contributed by atoms with E-state index < -0.39 is 0 Å². The molecule has 1 amide bonds. The highest BCUT2D eigenvalue weighted by Gasteiger charge is 2.14. The van der Waals surface area contributed by atoms with Crippen LogP contribution in [0.4, 0.5) is 10.1 Å². The molecule has 3 heterocycles. The van der Waals surface area contributed by atoms with E-state index in [0.717, 1.165) is 17.0 Å². The topological polar surface area (TPSA) is 59.8 Å². The second-order valence-electron chi connectivity index (χ2n) is 6.09. The van der Waals surface area contributed by atoms with E-state index in [1.807, 2.05) is 23.6 Å². The third-order valence-electron chi connectivity index (χ3n) is 4.18. The van der Waals surface area contributed by atoms with E-state index in [9.17, 15) is 9.18 Å². The molecule has 5 nitrogen and oxygen atoms in total. The van der Waals surface area contributed by atoms with Gasteiger partial charge >= 0.3 is 0 Å². The predicted octanol–water partition coefficient (Wildman–Crippen LogP) is 4.25. The monoisotopic (exact) mass is 380 g/mol. The molecule has 3 aromatic heterocycles. The Morgan fingerprint density at radius 1 is 1.15 bits per heavy atom. The van der Waals surface area contributed by atoms with E-state index in [4.69, 9.17) is 0 Å². The highest BCUT2D eigenvalue weighted by Crippen LogP contribution is 2.19. The number of hydrogen-bond acceptors (Lipinski definition) is 4. The zero-order valence-electron chi connectivity index (χ0n) is 14.4. The van der Waals surface area contributed by atoms with Crippen LogP contribution in [0.5, 0.6) is 0 Å². The summed E-state index contributed by atoms with van der Waals surface area (Å²) >= 11 is 1.68. The fourth-order valence-electron chi connectivity index (χ4n) is 2.90. The van der Waals surface area contributed by atoms with Gasteiger partial charge in [0.25, 0.3) is 0 Å². The lowest BCUT2D eigenvalue weighted by Gasteiger charge is -2.08. The Balaban J connectivity index is 1.51. The third-order valence-corrected chi connectivity index (χ3v) is 5.04. The van der Waals surface area contributed by atoms with Crippen LogP contribution in [0.15, 0.2) is 60.1 Å². The fraction of sp³-hybridized carbons (Fsp3) is 0.150. The lowest BCUT2D eigenvalue weighted by molar-refractivity contribution is -0.116. The SMILES string of the molecule is O=C(CCc1nc2cccnc2n1Cc1cccs1)Nc1ccc(F)cc1. The number of pyridine rings is 1. The molecule has 0 aliphatic heterocycles. The Labute approximate surface area is 159 Å². The van der Waals surface area contributed by atoms with Gasteiger partial charge in [-0.2, -0.15) is 0 Å². The number of nitrogens with zero attached hydrogens (tertiary/aromatic N) is 3. The number of rotatable bonds is 6. The molecular weight excluding hydrogens is 363 g/mol. The standard InChI is InChI=1S/C20H17FN4OS/c21-14-5-7-15(8-6-14)23-19(26)10-9-18-24-17-4-1-11-22-20(17)25(18)13-16-3-2-12-27-16/h1-8,11-12H,9-10,13H2,(H,23,26). The molecule has 0 unspecified atom stereocenters. The molecule has 1 aromatic carbocycles. The number of fused-ring (bicyclic) bond motifs is 1. The smallest absolute Gasteiger partial charge is 0.224 e. The number of carbonyl (C=O) groups is 1. The number of amides is 1. The first-order valence-corrected chi connectivity index (χ1v) is 9.45. The first-order chi connectivity index (χ1) is 13.2. The number of thiophene rings is 1. The van der Waals surface area contributed by atoms with Crippen molar-refractivity contribution in [2.24, 2.45) is 0 Å². The fourth-order valence-corrected chi connectivity index (χ4v) is 3.60. The summed E-state index contributed by atoms with van der Waals surface area (Å²) in [6.07, 6.45) is 2.53. The van der Waals surface area contributed by atoms with Crippen LogP contribution in [0, 0.1) is 5.82 Å². The van der Waals surface area contributed by atoms with Gasteiger partial charge in [-0.3, -0.25) is 4.79 Å². The first-order valence-electron chi connectivity index (χ1n) is 8.57. The van der Waals surface area contributed by atoms with Gasteiger partial charge in [0.05, 0.1) is 6.54 Å². The van der Waals surface area contributed by atoms with Gasteiger partial charge in [-0.25, -0.2) is 14.4 Å². The van der Waals surface area contributed by atoms with Crippen molar-refractivity contribution in [3.8, 4) is 0 Å². The molecule has 4 rings (SSSR count). The van der Waals surface area contributed by atoms with Crippen molar-refractivity contribution < 1.29 is 9.18 Å². The van der Waals surface area contributed by atoms with Crippen molar-refractivity contribution in [3.63, 3.8) is 0 Å². The molecule has 0 bridgehead atoms. The molecular formula is C20H17FN4OS. The van der Waals surface area contributed by atoms with Crippen LogP contribution in [0.3, 0.4) is 0 Å². The lowest BCUT2D eigenvalue weighted by Crippen LogP contribution is -2.14. The van der Waals surface area contributed by atoms with E-state index in [-0.39, 0.29) is 18.1 Å². The number of hydrogen-bond donors (Lipinski definition) is 1. The molecule has 27 heavy (non-hydrogen) atoms. The summed E-state index contributed by atoms with van der Waals surface area (Å²) in [5.74, 6) is 0.360. The van der Waals surface area contributed by atoms with Gasteiger partial charge in [-0.05, 0) is 47.8 Å². The summed E-state index contributed by atoms with van der Waals surface area (Å²) < 4.78 is 15.0. The number of nitrogens with one attached hydrogen (secondary N) is 1. The van der Waals surface area contributed by atoms with Crippen molar-refractivity contribution in [3.05, 3.63) is 76.6 Å². The minimum absolute atomic E-state index is 0.135. The molecule has 0 saturated carbocycles. The maximum Gasteiger partial charge on any atom is 0.224 e. The Morgan fingerprint density at radius 3 is 2.78 bits per heavy atom. The van der Waals surface area contributed by atoms with Gasteiger partial charge in [0.1, 0.15) is 17.2 Å². The summed E-state index contributed by atoms with van der Waals surface area (Å²) in [7, 11) is 0. The van der Waals surface area contributed by atoms with Gasteiger partial charge in [0.15, 0.2) is 5.65 Å². The lowest BCUT2D eigenvalue weighted by atomic mass is 10.2. The van der Waals surface area contributed by atoms with Gasteiger partial charge in [0.2, 0.25) is 5.91 Å². The zero-order chi connectivity index (χ0) is 18.6. The summed E-state index contributed by atoms with van der Waals surface area (Å²) in [6, 6.07) is 13.6. The second kappa shape index (κ2) is 7.67. The summed E-state index contributed by atoms with van der Waals surface area (Å²) in [5, 5.41) is 4.82. The van der Waals surface area contributed by atoms with E-state index in [1.165, 1.54) is 17.0 Å². The Morgan fingerprint density at radius 2 is 2.00 bits per heavy atom. The number of aromatic nitrogens is 3. The van der Waals surface area contributed by atoms with Crippen molar-refractivity contribution in [2.45, 2.75) is 19.4 Å². The molecule has 7 heteroatoms. The number of carbonyl (C=O) groups excluding carboxylic acids is 1. The molecule has 0 saturated heterocycles. The number of imidazole rings is 1. The molecule has 0 spiro atoms. The summed E-state index contributed by atoms with van der Waals surface area (Å²) in [6.45, 7) is 0.681. The van der Waals surface area contributed by atoms with Crippen LogP contribution in [0.2, 0.25) is 0 Å². The van der Waals surface area contributed by atoms with Crippen LogP contribution in [0.25, 0.3) is 11.2 Å². The van der Waals surface area contributed by atoms with Crippen molar-refractivity contribution in [1.82, 2.24) is 14.5 Å². The normalized spacial score (nSPS) is 11.0. The van der Waals surface area contributed by atoms with Gasteiger partial charge < -0.3 is 9.88 Å². The molecule has 0 fully saturated rings.